The lowest BCUT2D eigenvalue weighted by molar-refractivity contribution is -0.277. The summed E-state index contributed by atoms with van der Waals surface area (Å²) in [6.45, 7) is -0.746. The molecule has 8 N–H and O–H groups in total. The summed E-state index contributed by atoms with van der Waals surface area (Å²) in [6.07, 6.45) is -8.44. The van der Waals surface area contributed by atoms with E-state index in [2.05, 4.69) is 0 Å². The van der Waals surface area contributed by atoms with Crippen molar-refractivity contribution in [3.05, 3.63) is 40.6 Å². The molecule has 0 amide bonds. The van der Waals surface area contributed by atoms with E-state index >= 15 is 0 Å². The van der Waals surface area contributed by atoms with Gasteiger partial charge in [-0.1, -0.05) is 0 Å². The number of aliphatic hydroxyl groups excluding tert-OH is 4. The van der Waals surface area contributed by atoms with Gasteiger partial charge in [-0.3, -0.25) is 4.79 Å². The summed E-state index contributed by atoms with van der Waals surface area (Å²) in [4.78, 5) is 13.3. The lowest BCUT2D eigenvalue weighted by Gasteiger charge is -2.39. The van der Waals surface area contributed by atoms with Gasteiger partial charge in [-0.15, -0.1) is 0 Å². The standard InChI is InChI=1S/C21H20O12/c22-6-12-14(27)16(29)17(30)21(31-12)33-20-15(28)13-9(24)3-4-10(25)19(13)32-18(20)7-1-2-8(23)11(26)5-7/h1-5,12,14,16-17,21-27,29-30H,6H2. The molecule has 1 saturated heterocycles. The first-order valence-corrected chi connectivity index (χ1v) is 9.65. The number of ether oxygens (including phenoxy) is 2. The Morgan fingerprint density at radius 3 is 2.18 bits per heavy atom. The molecule has 3 aromatic rings. The second-order valence-corrected chi connectivity index (χ2v) is 7.42. The van der Waals surface area contributed by atoms with Crippen molar-refractivity contribution in [2.45, 2.75) is 30.7 Å². The molecule has 0 saturated carbocycles. The third kappa shape index (κ3) is 3.79. The van der Waals surface area contributed by atoms with Crippen LogP contribution >= 0.6 is 0 Å². The molecule has 1 aliphatic heterocycles. The van der Waals surface area contributed by atoms with Gasteiger partial charge in [0.25, 0.3) is 0 Å². The molecule has 5 atom stereocenters. The highest BCUT2D eigenvalue weighted by Gasteiger charge is 2.45. The Morgan fingerprint density at radius 1 is 0.848 bits per heavy atom. The van der Waals surface area contributed by atoms with Gasteiger partial charge in [0.15, 0.2) is 28.6 Å². The minimum Gasteiger partial charge on any atom is -0.507 e. The molecule has 5 unspecified atom stereocenters. The highest BCUT2D eigenvalue weighted by atomic mass is 16.7. The number of aliphatic hydroxyl groups is 4. The summed E-state index contributed by atoms with van der Waals surface area (Å²) in [5.74, 6) is -3.15. The molecule has 12 nitrogen and oxygen atoms in total. The Kier molecular flexibility index (Phi) is 5.78. The van der Waals surface area contributed by atoms with Crippen molar-refractivity contribution in [2.24, 2.45) is 0 Å². The molecule has 0 aliphatic carbocycles. The Labute approximate surface area is 184 Å². The zero-order valence-electron chi connectivity index (χ0n) is 16.7. The summed E-state index contributed by atoms with van der Waals surface area (Å²) < 4.78 is 16.4. The molecule has 0 spiro atoms. The van der Waals surface area contributed by atoms with E-state index in [0.29, 0.717) is 0 Å². The van der Waals surface area contributed by atoms with Crippen LogP contribution in [0.1, 0.15) is 0 Å². The summed E-state index contributed by atoms with van der Waals surface area (Å²) in [7, 11) is 0. The fraction of sp³-hybridized carbons (Fsp3) is 0.286. The van der Waals surface area contributed by atoms with Crippen molar-refractivity contribution in [1.29, 1.82) is 0 Å². The quantitative estimate of drug-likeness (QED) is 0.181. The molecule has 176 valence electrons. The highest BCUT2D eigenvalue weighted by molar-refractivity contribution is 5.91. The van der Waals surface area contributed by atoms with Crippen LogP contribution in [0.25, 0.3) is 22.3 Å². The summed E-state index contributed by atoms with van der Waals surface area (Å²) in [6, 6.07) is 5.49. The Balaban J connectivity index is 1.92. The van der Waals surface area contributed by atoms with Crippen molar-refractivity contribution in [1.82, 2.24) is 0 Å². The molecule has 0 bridgehead atoms. The molecule has 0 radical (unpaired) electrons. The molecule has 2 heterocycles. The van der Waals surface area contributed by atoms with Crippen molar-refractivity contribution in [3.63, 3.8) is 0 Å². The molecule has 33 heavy (non-hydrogen) atoms. The summed E-state index contributed by atoms with van der Waals surface area (Å²) >= 11 is 0. The van der Waals surface area contributed by atoms with Gasteiger partial charge in [-0.2, -0.15) is 0 Å². The molecule has 4 rings (SSSR count). The van der Waals surface area contributed by atoms with Crippen LogP contribution in [-0.2, 0) is 4.74 Å². The smallest absolute Gasteiger partial charge is 0.239 e. The van der Waals surface area contributed by atoms with E-state index in [-0.39, 0.29) is 11.3 Å². The van der Waals surface area contributed by atoms with Crippen molar-refractivity contribution in [3.8, 4) is 40.1 Å². The second-order valence-electron chi connectivity index (χ2n) is 7.42. The first kappa shape index (κ1) is 22.6. The topological polar surface area (TPSA) is 211 Å². The monoisotopic (exact) mass is 464 g/mol. The van der Waals surface area contributed by atoms with Crippen LogP contribution in [-0.4, -0.2) is 78.2 Å². The van der Waals surface area contributed by atoms with Gasteiger partial charge in [0.2, 0.25) is 17.5 Å². The first-order valence-electron chi connectivity index (χ1n) is 9.65. The van der Waals surface area contributed by atoms with Gasteiger partial charge >= 0.3 is 0 Å². The number of phenolic OH excluding ortho intramolecular Hbond substituents is 4. The number of aromatic hydroxyl groups is 4. The Morgan fingerprint density at radius 2 is 1.52 bits per heavy atom. The minimum absolute atomic E-state index is 0.00775. The van der Waals surface area contributed by atoms with Gasteiger partial charge < -0.3 is 54.7 Å². The molecule has 1 aliphatic rings. The number of benzene rings is 2. The van der Waals surface area contributed by atoms with E-state index in [4.69, 9.17) is 13.9 Å². The van der Waals surface area contributed by atoms with Crippen LogP contribution in [0, 0.1) is 0 Å². The van der Waals surface area contributed by atoms with Gasteiger partial charge in [0.05, 0.1) is 6.61 Å². The van der Waals surface area contributed by atoms with E-state index in [9.17, 15) is 45.6 Å². The molecular weight excluding hydrogens is 444 g/mol. The maximum atomic E-state index is 13.3. The lowest BCUT2D eigenvalue weighted by atomic mass is 9.99. The van der Waals surface area contributed by atoms with Crippen LogP contribution in [0.4, 0.5) is 0 Å². The van der Waals surface area contributed by atoms with Gasteiger partial charge in [-0.05, 0) is 30.3 Å². The van der Waals surface area contributed by atoms with Crippen LogP contribution in [0.15, 0.2) is 39.5 Å². The third-order valence-corrected chi connectivity index (χ3v) is 5.28. The van der Waals surface area contributed by atoms with Crippen molar-refractivity contribution in [2.75, 3.05) is 6.61 Å². The second kappa shape index (κ2) is 8.42. The molecule has 1 fully saturated rings. The van der Waals surface area contributed by atoms with Crippen LogP contribution < -0.4 is 10.2 Å². The molecule has 1 aromatic heterocycles. The predicted molar refractivity (Wildman–Crippen MR) is 109 cm³/mol. The maximum Gasteiger partial charge on any atom is 0.239 e. The van der Waals surface area contributed by atoms with Gasteiger partial charge in [-0.25, -0.2) is 0 Å². The maximum absolute atomic E-state index is 13.3. The first-order chi connectivity index (χ1) is 15.6. The van der Waals surface area contributed by atoms with Crippen LogP contribution in [0.3, 0.4) is 0 Å². The number of hydrogen-bond donors (Lipinski definition) is 8. The summed E-state index contributed by atoms with van der Waals surface area (Å²) in [5, 5.41) is 79.0. The lowest BCUT2D eigenvalue weighted by Crippen LogP contribution is -2.60. The van der Waals surface area contributed by atoms with E-state index in [1.54, 1.807) is 0 Å². The Bertz CT molecular complexity index is 1250. The number of phenols is 4. The fourth-order valence-corrected chi connectivity index (χ4v) is 3.49. The van der Waals surface area contributed by atoms with E-state index in [1.807, 2.05) is 0 Å². The average Bonchev–Trinajstić information content (AvgIpc) is 2.79. The van der Waals surface area contributed by atoms with E-state index in [1.165, 1.54) is 6.07 Å². The van der Waals surface area contributed by atoms with Gasteiger partial charge in [0.1, 0.15) is 35.6 Å². The highest BCUT2D eigenvalue weighted by Crippen LogP contribution is 2.40. The third-order valence-electron chi connectivity index (χ3n) is 5.28. The normalized spacial score (nSPS) is 25.3. The van der Waals surface area contributed by atoms with Crippen molar-refractivity contribution < 1.29 is 54.7 Å². The van der Waals surface area contributed by atoms with Gasteiger partial charge in [0, 0.05) is 5.56 Å². The number of rotatable bonds is 4. The summed E-state index contributed by atoms with van der Waals surface area (Å²) in [5.41, 5.74) is -1.43. The molecule has 2 aromatic carbocycles. The van der Waals surface area contributed by atoms with Crippen molar-refractivity contribution >= 4 is 11.0 Å². The van der Waals surface area contributed by atoms with E-state index < -0.39 is 82.5 Å². The Hall–Kier alpha value is -3.55. The average molecular weight is 464 g/mol. The van der Waals surface area contributed by atoms with E-state index in [0.717, 1.165) is 24.3 Å². The zero-order valence-corrected chi connectivity index (χ0v) is 16.7. The van der Waals surface area contributed by atoms with Crippen LogP contribution in [0.2, 0.25) is 0 Å². The molecular formula is C21H20O12. The molecule has 12 heteroatoms. The fourth-order valence-electron chi connectivity index (χ4n) is 3.49. The van der Waals surface area contributed by atoms with Crippen LogP contribution in [0.5, 0.6) is 28.7 Å². The zero-order chi connectivity index (χ0) is 24.0. The minimum atomic E-state index is -1.86. The largest absolute Gasteiger partial charge is 0.507 e. The SMILES string of the molecule is O=c1c(OC2OC(CO)C(O)C(O)C2O)c(-c2ccc(O)c(O)c2)oc2c(O)ccc(O)c12. The number of hydrogen-bond acceptors (Lipinski definition) is 12. The predicted octanol–water partition coefficient (Wildman–Crippen LogP) is -0.539. The number of fused-ring (bicyclic) bond motifs is 1.